The molecule has 0 saturated heterocycles. The van der Waals surface area contributed by atoms with Crippen LogP contribution < -0.4 is 0 Å². The summed E-state index contributed by atoms with van der Waals surface area (Å²) in [6.07, 6.45) is 0. The average molecular weight is 324 g/mol. The van der Waals surface area contributed by atoms with Gasteiger partial charge in [-0.05, 0) is 73.6 Å². The molecule has 1 aromatic carbocycles. The lowest BCUT2D eigenvalue weighted by atomic mass is 9.83. The highest BCUT2D eigenvalue weighted by molar-refractivity contribution is 7.80. The largest absolute Gasteiger partial charge is 0.507 e. The molecule has 22 heavy (non-hydrogen) atoms. The summed E-state index contributed by atoms with van der Waals surface area (Å²) in [5.74, 6) is 0.389. The van der Waals surface area contributed by atoms with Crippen LogP contribution >= 0.6 is 12.2 Å². The Morgan fingerprint density at radius 3 is 2.18 bits per heavy atom. The van der Waals surface area contributed by atoms with Gasteiger partial charge in [-0.15, -0.1) is 0 Å². The van der Waals surface area contributed by atoms with Gasteiger partial charge in [-0.2, -0.15) is 0 Å². The molecule has 1 rings (SSSR count). The summed E-state index contributed by atoms with van der Waals surface area (Å²) in [7, 11) is 0. The van der Waals surface area contributed by atoms with Gasteiger partial charge in [0.1, 0.15) is 12.4 Å². The van der Waals surface area contributed by atoms with Crippen molar-refractivity contribution in [3.63, 3.8) is 0 Å². The lowest BCUT2D eigenvalue weighted by Crippen LogP contribution is -2.30. The second kappa shape index (κ2) is 7.32. The van der Waals surface area contributed by atoms with Crippen LogP contribution in [0.3, 0.4) is 0 Å². The zero-order chi connectivity index (χ0) is 17.1. The van der Waals surface area contributed by atoms with Gasteiger partial charge in [-0.3, -0.25) is 0 Å². The fraction of sp³-hybridized carbons (Fsp3) is 0.611. The van der Waals surface area contributed by atoms with E-state index in [0.717, 1.165) is 35.3 Å². The smallest absolute Gasteiger partial charge is 0.259 e. The number of aromatic hydroxyl groups is 1. The number of ether oxygens (including phenoxy) is 1. The quantitative estimate of drug-likeness (QED) is 0.830. The van der Waals surface area contributed by atoms with Gasteiger partial charge in [0, 0.05) is 13.1 Å². The molecule has 0 aliphatic carbocycles. The van der Waals surface area contributed by atoms with Crippen molar-refractivity contribution in [2.24, 2.45) is 0 Å². The summed E-state index contributed by atoms with van der Waals surface area (Å²) in [5, 5.41) is 10.9. The van der Waals surface area contributed by atoms with Gasteiger partial charge in [-0.25, -0.2) is 0 Å². The topological polar surface area (TPSA) is 32.7 Å². The van der Waals surface area contributed by atoms with Crippen LogP contribution in [0, 0.1) is 13.8 Å². The van der Waals surface area contributed by atoms with Crippen molar-refractivity contribution in [3.8, 4) is 5.75 Å². The maximum Gasteiger partial charge on any atom is 0.259 e. The Bertz CT molecular complexity index is 543. The number of phenols is 1. The number of hydrogen-bond acceptors (Lipinski definition) is 3. The Balaban J connectivity index is 3.06. The molecule has 0 aromatic heterocycles. The fourth-order valence-electron chi connectivity index (χ4n) is 2.41. The predicted octanol–water partition coefficient (Wildman–Crippen LogP) is 4.45. The number of thiocarbonyl (C=S) groups is 1. The van der Waals surface area contributed by atoms with Crippen LogP contribution in [0.25, 0.3) is 0 Å². The number of rotatable bonds is 4. The second-order valence-electron chi connectivity index (χ2n) is 6.66. The maximum absolute atomic E-state index is 10.4. The van der Waals surface area contributed by atoms with Crippen LogP contribution in [-0.4, -0.2) is 28.3 Å². The van der Waals surface area contributed by atoms with Crippen LogP contribution in [0.15, 0.2) is 6.07 Å². The molecule has 124 valence electrons. The Labute approximate surface area is 140 Å². The third kappa shape index (κ3) is 4.13. The maximum atomic E-state index is 10.4. The standard InChI is InChI=1S/C18H29NO2S/c1-8-19(9-2)17(22)21-11-14-10-15(18(5,6)7)16(20)13(4)12(14)3/h10,20H,8-9,11H2,1-7H3. The molecule has 0 atom stereocenters. The first-order valence-electron chi connectivity index (χ1n) is 7.87. The minimum Gasteiger partial charge on any atom is -0.507 e. The van der Waals surface area contributed by atoms with E-state index in [-0.39, 0.29) is 5.41 Å². The van der Waals surface area contributed by atoms with E-state index in [1.54, 1.807) is 0 Å². The predicted molar refractivity (Wildman–Crippen MR) is 96.6 cm³/mol. The van der Waals surface area contributed by atoms with Crippen LogP contribution in [0.5, 0.6) is 5.75 Å². The van der Waals surface area contributed by atoms with Crippen LogP contribution in [0.2, 0.25) is 0 Å². The van der Waals surface area contributed by atoms with Crippen molar-refractivity contribution < 1.29 is 9.84 Å². The highest BCUT2D eigenvalue weighted by atomic mass is 32.1. The molecule has 0 aliphatic rings. The molecule has 0 bridgehead atoms. The third-order valence-electron chi connectivity index (χ3n) is 4.15. The number of benzene rings is 1. The van der Waals surface area contributed by atoms with Gasteiger partial charge < -0.3 is 14.7 Å². The van der Waals surface area contributed by atoms with E-state index < -0.39 is 0 Å². The molecule has 4 heteroatoms. The van der Waals surface area contributed by atoms with Gasteiger partial charge in [0.2, 0.25) is 0 Å². The lowest BCUT2D eigenvalue weighted by Gasteiger charge is -2.25. The van der Waals surface area contributed by atoms with E-state index in [0.29, 0.717) is 17.5 Å². The Hall–Kier alpha value is -1.29. The van der Waals surface area contributed by atoms with E-state index in [9.17, 15) is 5.11 Å². The summed E-state index contributed by atoms with van der Waals surface area (Å²) in [4.78, 5) is 2.02. The van der Waals surface area contributed by atoms with Crippen LogP contribution in [-0.2, 0) is 16.8 Å². The first kappa shape index (κ1) is 18.8. The van der Waals surface area contributed by atoms with E-state index in [1.165, 1.54) is 0 Å². The minimum absolute atomic E-state index is 0.114. The molecule has 0 spiro atoms. The Morgan fingerprint density at radius 2 is 1.73 bits per heavy atom. The first-order chi connectivity index (χ1) is 10.1. The summed E-state index contributed by atoms with van der Waals surface area (Å²) in [5.41, 5.74) is 3.89. The first-order valence-corrected chi connectivity index (χ1v) is 8.28. The summed E-state index contributed by atoms with van der Waals surface area (Å²) >= 11 is 5.34. The van der Waals surface area contributed by atoms with E-state index in [2.05, 4.69) is 34.6 Å². The van der Waals surface area contributed by atoms with Crippen molar-refractivity contribution in [1.82, 2.24) is 4.90 Å². The van der Waals surface area contributed by atoms with Gasteiger partial charge >= 0.3 is 0 Å². The van der Waals surface area contributed by atoms with Crippen LogP contribution in [0.1, 0.15) is 56.9 Å². The Morgan fingerprint density at radius 1 is 1.18 bits per heavy atom. The van der Waals surface area contributed by atoms with Gasteiger partial charge in [-0.1, -0.05) is 20.8 Å². The normalized spacial score (nSPS) is 11.4. The van der Waals surface area contributed by atoms with Crippen molar-refractivity contribution in [1.29, 1.82) is 0 Å². The Kier molecular flexibility index (Phi) is 6.24. The van der Waals surface area contributed by atoms with Crippen molar-refractivity contribution >= 4 is 17.4 Å². The zero-order valence-electron chi connectivity index (χ0n) is 14.9. The summed E-state index contributed by atoms with van der Waals surface area (Å²) in [6, 6.07) is 2.04. The van der Waals surface area contributed by atoms with Crippen molar-refractivity contribution in [2.75, 3.05) is 13.1 Å². The summed E-state index contributed by atoms with van der Waals surface area (Å²) < 4.78 is 5.79. The lowest BCUT2D eigenvalue weighted by molar-refractivity contribution is 0.237. The molecule has 0 unspecified atom stereocenters. The highest BCUT2D eigenvalue weighted by Crippen LogP contribution is 2.36. The number of phenolic OH excluding ortho intramolecular Hbond substituents is 1. The van der Waals surface area contributed by atoms with Crippen LogP contribution in [0.4, 0.5) is 0 Å². The van der Waals surface area contributed by atoms with E-state index in [1.807, 2.05) is 24.8 Å². The zero-order valence-corrected chi connectivity index (χ0v) is 15.7. The van der Waals surface area contributed by atoms with Gasteiger partial charge in [0.15, 0.2) is 0 Å². The molecule has 0 amide bonds. The summed E-state index contributed by atoms with van der Waals surface area (Å²) in [6.45, 7) is 16.5. The van der Waals surface area contributed by atoms with Crippen molar-refractivity contribution in [2.45, 2.75) is 60.5 Å². The molecule has 0 radical (unpaired) electrons. The van der Waals surface area contributed by atoms with Crippen molar-refractivity contribution in [3.05, 3.63) is 28.3 Å². The molecule has 0 aliphatic heterocycles. The minimum atomic E-state index is -0.114. The average Bonchev–Trinajstić information content (AvgIpc) is 2.44. The van der Waals surface area contributed by atoms with E-state index in [4.69, 9.17) is 17.0 Å². The number of nitrogens with zero attached hydrogens (tertiary/aromatic N) is 1. The molecular formula is C18H29NO2S. The number of hydrogen-bond donors (Lipinski definition) is 1. The molecule has 1 aromatic rings. The molecule has 0 fully saturated rings. The second-order valence-corrected chi connectivity index (χ2v) is 7.01. The molecular weight excluding hydrogens is 294 g/mol. The highest BCUT2D eigenvalue weighted by Gasteiger charge is 2.22. The van der Waals surface area contributed by atoms with E-state index >= 15 is 0 Å². The van der Waals surface area contributed by atoms with Gasteiger partial charge in [0.25, 0.3) is 5.17 Å². The fourth-order valence-corrected chi connectivity index (χ4v) is 2.72. The third-order valence-corrected chi connectivity index (χ3v) is 4.53. The van der Waals surface area contributed by atoms with Gasteiger partial charge in [0.05, 0.1) is 0 Å². The SMILES string of the molecule is CCN(CC)C(=S)OCc1cc(C(C)(C)C)c(O)c(C)c1C. The molecule has 0 saturated carbocycles. The monoisotopic (exact) mass is 323 g/mol. The molecule has 3 nitrogen and oxygen atoms in total. The molecule has 1 N–H and O–H groups in total. The molecule has 0 heterocycles.